The van der Waals surface area contributed by atoms with E-state index in [1.165, 1.54) is 0 Å². The van der Waals surface area contributed by atoms with Crippen LogP contribution in [0.4, 0.5) is 0 Å². The summed E-state index contributed by atoms with van der Waals surface area (Å²) < 4.78 is 0. The number of phenols is 1. The normalized spacial score (nSPS) is 10.2. The number of hydrogen-bond acceptors (Lipinski definition) is 3. The van der Waals surface area contributed by atoms with Crippen LogP contribution in [0.3, 0.4) is 0 Å². The molecule has 0 aromatic heterocycles. The Kier molecular flexibility index (Phi) is 8.12. The molecule has 0 radical (unpaired) electrons. The lowest BCUT2D eigenvalue weighted by Crippen LogP contribution is -2.00. The molecule has 1 rings (SSSR count). The molecule has 0 aliphatic heterocycles. The number of benzene rings is 1. The van der Waals surface area contributed by atoms with E-state index >= 15 is 0 Å². The van der Waals surface area contributed by atoms with Gasteiger partial charge >= 0.3 is 11.9 Å². The average molecular weight is 296 g/mol. The SMILES string of the molecule is CC(C)c1cccc(C(C)C)c1O.O=C(O)CCC(=O)O. The van der Waals surface area contributed by atoms with Gasteiger partial charge in [-0.2, -0.15) is 0 Å². The molecule has 5 nitrogen and oxygen atoms in total. The first-order valence-electron chi connectivity index (χ1n) is 6.92. The minimum Gasteiger partial charge on any atom is -0.507 e. The molecule has 0 fully saturated rings. The van der Waals surface area contributed by atoms with Crippen molar-refractivity contribution in [3.05, 3.63) is 29.3 Å². The highest BCUT2D eigenvalue weighted by Crippen LogP contribution is 2.32. The highest BCUT2D eigenvalue weighted by Gasteiger charge is 2.11. The highest BCUT2D eigenvalue weighted by molar-refractivity contribution is 5.75. The summed E-state index contributed by atoms with van der Waals surface area (Å²) in [6.07, 6.45) is -0.593. The predicted octanol–water partition coefficient (Wildman–Crippen LogP) is 3.57. The third-order valence-electron chi connectivity index (χ3n) is 2.90. The third-order valence-corrected chi connectivity index (χ3v) is 2.90. The Bertz CT molecular complexity index is 437. The Morgan fingerprint density at radius 3 is 1.48 bits per heavy atom. The molecule has 118 valence electrons. The second kappa shape index (κ2) is 9.00. The van der Waals surface area contributed by atoms with Crippen molar-refractivity contribution in [2.75, 3.05) is 0 Å². The van der Waals surface area contributed by atoms with E-state index in [-0.39, 0.29) is 12.8 Å². The molecule has 0 saturated heterocycles. The van der Waals surface area contributed by atoms with Crippen molar-refractivity contribution in [3.63, 3.8) is 0 Å². The number of carboxylic acid groups (broad SMARTS) is 2. The third kappa shape index (κ3) is 7.34. The van der Waals surface area contributed by atoms with Crippen LogP contribution in [0.15, 0.2) is 18.2 Å². The van der Waals surface area contributed by atoms with E-state index in [0.29, 0.717) is 17.6 Å². The van der Waals surface area contributed by atoms with Crippen LogP contribution in [0, 0.1) is 0 Å². The van der Waals surface area contributed by atoms with Gasteiger partial charge in [0.15, 0.2) is 0 Å². The molecule has 0 aliphatic rings. The summed E-state index contributed by atoms with van der Waals surface area (Å²) >= 11 is 0. The molecule has 0 heterocycles. The van der Waals surface area contributed by atoms with Gasteiger partial charge in [0.1, 0.15) is 5.75 Å². The Morgan fingerprint density at radius 1 is 0.905 bits per heavy atom. The Morgan fingerprint density at radius 2 is 1.24 bits per heavy atom. The molecule has 0 atom stereocenters. The summed E-state index contributed by atoms with van der Waals surface area (Å²) in [4.78, 5) is 19.3. The van der Waals surface area contributed by atoms with Crippen LogP contribution in [0.2, 0.25) is 0 Å². The quantitative estimate of drug-likeness (QED) is 0.772. The molecule has 1 aromatic carbocycles. The topological polar surface area (TPSA) is 94.8 Å². The Labute approximate surface area is 125 Å². The van der Waals surface area contributed by atoms with Crippen LogP contribution in [0.25, 0.3) is 0 Å². The van der Waals surface area contributed by atoms with E-state index in [2.05, 4.69) is 27.7 Å². The molecule has 0 spiro atoms. The zero-order valence-corrected chi connectivity index (χ0v) is 13.0. The van der Waals surface area contributed by atoms with Gasteiger partial charge < -0.3 is 15.3 Å². The van der Waals surface area contributed by atoms with Crippen molar-refractivity contribution in [2.24, 2.45) is 0 Å². The molecule has 0 bridgehead atoms. The monoisotopic (exact) mass is 296 g/mol. The number of rotatable bonds is 5. The standard InChI is InChI=1S/C12H18O.C4H6O4/c1-8(2)10-6-5-7-11(9(3)4)12(10)13;5-3(6)1-2-4(7)8/h5-9,13H,1-4H3;1-2H2,(H,5,6)(H,7,8). The van der Waals surface area contributed by atoms with Crippen LogP contribution in [0.5, 0.6) is 5.75 Å². The molecule has 21 heavy (non-hydrogen) atoms. The zero-order valence-electron chi connectivity index (χ0n) is 13.0. The van der Waals surface area contributed by atoms with E-state index in [0.717, 1.165) is 11.1 Å². The van der Waals surface area contributed by atoms with E-state index in [1.807, 2.05) is 18.2 Å². The largest absolute Gasteiger partial charge is 0.507 e. The lowest BCUT2D eigenvalue weighted by molar-refractivity contribution is -0.143. The maximum absolute atomic E-state index is 9.93. The molecule has 0 aliphatic carbocycles. The maximum Gasteiger partial charge on any atom is 0.303 e. The Hall–Kier alpha value is -2.04. The van der Waals surface area contributed by atoms with Gasteiger partial charge in [-0.15, -0.1) is 0 Å². The number of carbonyl (C=O) groups is 2. The minimum atomic E-state index is -1.08. The van der Waals surface area contributed by atoms with Crippen LogP contribution in [0.1, 0.15) is 63.5 Å². The lowest BCUT2D eigenvalue weighted by atomic mass is 9.94. The summed E-state index contributed by atoms with van der Waals surface area (Å²) in [7, 11) is 0. The van der Waals surface area contributed by atoms with E-state index < -0.39 is 11.9 Å². The van der Waals surface area contributed by atoms with Crippen molar-refractivity contribution in [1.29, 1.82) is 0 Å². The zero-order chi connectivity index (χ0) is 16.6. The minimum absolute atomic E-state index is 0.296. The fraction of sp³-hybridized carbons (Fsp3) is 0.500. The fourth-order valence-electron chi connectivity index (χ4n) is 1.73. The van der Waals surface area contributed by atoms with Crippen molar-refractivity contribution in [3.8, 4) is 5.75 Å². The summed E-state index contributed by atoms with van der Waals surface area (Å²) in [5.74, 6) is -0.898. The number of hydrogen-bond donors (Lipinski definition) is 3. The summed E-state index contributed by atoms with van der Waals surface area (Å²) in [5.41, 5.74) is 2.09. The van der Waals surface area contributed by atoms with Crippen molar-refractivity contribution >= 4 is 11.9 Å². The molecular weight excluding hydrogens is 272 g/mol. The summed E-state index contributed by atoms with van der Waals surface area (Å²) in [6, 6.07) is 6.00. The van der Waals surface area contributed by atoms with E-state index in [4.69, 9.17) is 10.2 Å². The van der Waals surface area contributed by atoms with Crippen LogP contribution >= 0.6 is 0 Å². The predicted molar refractivity (Wildman–Crippen MR) is 80.8 cm³/mol. The number of phenolic OH excluding ortho intramolecular Hbond substituents is 1. The maximum atomic E-state index is 9.93. The average Bonchev–Trinajstić information content (AvgIpc) is 2.36. The van der Waals surface area contributed by atoms with Crippen molar-refractivity contribution in [2.45, 2.75) is 52.4 Å². The molecular formula is C16H24O5. The number of carboxylic acids is 2. The van der Waals surface area contributed by atoms with Crippen LogP contribution in [-0.4, -0.2) is 27.3 Å². The van der Waals surface area contributed by atoms with Gasteiger partial charge in [0.2, 0.25) is 0 Å². The first kappa shape index (κ1) is 19.0. The van der Waals surface area contributed by atoms with Gasteiger partial charge in [0.25, 0.3) is 0 Å². The lowest BCUT2D eigenvalue weighted by Gasteiger charge is -2.14. The van der Waals surface area contributed by atoms with Gasteiger partial charge in [0.05, 0.1) is 12.8 Å². The molecule has 0 amide bonds. The molecule has 5 heteroatoms. The van der Waals surface area contributed by atoms with E-state index in [9.17, 15) is 14.7 Å². The first-order valence-corrected chi connectivity index (χ1v) is 6.92. The number of aliphatic carboxylic acids is 2. The summed E-state index contributed by atoms with van der Waals surface area (Å²) in [6.45, 7) is 8.39. The molecule has 0 saturated carbocycles. The van der Waals surface area contributed by atoms with Crippen molar-refractivity contribution < 1.29 is 24.9 Å². The second-order valence-electron chi connectivity index (χ2n) is 5.38. The van der Waals surface area contributed by atoms with Gasteiger partial charge in [-0.1, -0.05) is 45.9 Å². The van der Waals surface area contributed by atoms with Gasteiger partial charge in [-0.05, 0) is 23.0 Å². The van der Waals surface area contributed by atoms with Crippen LogP contribution < -0.4 is 0 Å². The number of para-hydroxylation sites is 1. The Balaban J connectivity index is 0.000000433. The van der Waals surface area contributed by atoms with Gasteiger partial charge in [0, 0.05) is 0 Å². The molecule has 0 unspecified atom stereocenters. The molecule has 3 N–H and O–H groups in total. The van der Waals surface area contributed by atoms with Gasteiger partial charge in [-0.25, -0.2) is 0 Å². The smallest absolute Gasteiger partial charge is 0.303 e. The summed E-state index contributed by atoms with van der Waals surface area (Å²) in [5, 5.41) is 25.7. The fourth-order valence-corrected chi connectivity index (χ4v) is 1.73. The first-order chi connectivity index (χ1) is 9.66. The van der Waals surface area contributed by atoms with Crippen LogP contribution in [-0.2, 0) is 9.59 Å². The number of aromatic hydroxyl groups is 1. The highest BCUT2D eigenvalue weighted by atomic mass is 16.4. The molecule has 1 aromatic rings. The van der Waals surface area contributed by atoms with Gasteiger partial charge in [-0.3, -0.25) is 9.59 Å². The van der Waals surface area contributed by atoms with Crippen molar-refractivity contribution in [1.82, 2.24) is 0 Å². The van der Waals surface area contributed by atoms with E-state index in [1.54, 1.807) is 0 Å². The second-order valence-corrected chi connectivity index (χ2v) is 5.38.